The molecule has 2 unspecified atom stereocenters. The van der Waals surface area contributed by atoms with E-state index in [0.29, 0.717) is 11.7 Å². The van der Waals surface area contributed by atoms with Crippen LogP contribution >= 0.6 is 0 Å². The van der Waals surface area contributed by atoms with E-state index in [9.17, 15) is 4.79 Å². The zero-order valence-electron chi connectivity index (χ0n) is 8.47. The second kappa shape index (κ2) is 4.06. The zero-order valence-corrected chi connectivity index (χ0v) is 8.47. The second-order valence-electron chi connectivity index (χ2n) is 4.64. The quantitative estimate of drug-likeness (QED) is 0.619. The predicted molar refractivity (Wildman–Crippen MR) is 51.0 cm³/mol. The van der Waals surface area contributed by atoms with E-state index in [2.05, 4.69) is 20.8 Å². The van der Waals surface area contributed by atoms with E-state index in [1.54, 1.807) is 0 Å². The Morgan fingerprint density at radius 2 is 2.17 bits per heavy atom. The SMILES string of the molecule is CC(C)CC1CCC(=O)C(C)C1. The minimum absolute atomic E-state index is 0.336. The van der Waals surface area contributed by atoms with E-state index in [4.69, 9.17) is 0 Å². The Kier molecular flexibility index (Phi) is 3.30. The fourth-order valence-electron chi connectivity index (χ4n) is 2.22. The fourth-order valence-corrected chi connectivity index (χ4v) is 2.22. The monoisotopic (exact) mass is 168 g/mol. The zero-order chi connectivity index (χ0) is 9.14. The minimum Gasteiger partial charge on any atom is -0.299 e. The summed E-state index contributed by atoms with van der Waals surface area (Å²) in [7, 11) is 0. The van der Waals surface area contributed by atoms with Gasteiger partial charge in [0.1, 0.15) is 5.78 Å². The van der Waals surface area contributed by atoms with Gasteiger partial charge in [-0.05, 0) is 31.1 Å². The third-order valence-electron chi connectivity index (χ3n) is 2.84. The molecule has 0 radical (unpaired) electrons. The number of carbonyl (C=O) groups is 1. The maximum atomic E-state index is 11.2. The van der Waals surface area contributed by atoms with Crippen LogP contribution in [0.5, 0.6) is 0 Å². The summed E-state index contributed by atoms with van der Waals surface area (Å²) in [5, 5.41) is 0. The van der Waals surface area contributed by atoms with E-state index < -0.39 is 0 Å². The van der Waals surface area contributed by atoms with Crippen LogP contribution in [0.3, 0.4) is 0 Å². The summed E-state index contributed by atoms with van der Waals surface area (Å²) < 4.78 is 0. The van der Waals surface area contributed by atoms with Crippen molar-refractivity contribution in [3.05, 3.63) is 0 Å². The molecule has 1 saturated carbocycles. The fraction of sp³-hybridized carbons (Fsp3) is 0.909. The Morgan fingerprint density at radius 1 is 1.50 bits per heavy atom. The number of Topliss-reactive ketones (excluding diaryl/α,β-unsaturated/α-hetero) is 1. The van der Waals surface area contributed by atoms with Gasteiger partial charge in [-0.3, -0.25) is 4.79 Å². The van der Waals surface area contributed by atoms with E-state index in [-0.39, 0.29) is 0 Å². The van der Waals surface area contributed by atoms with Gasteiger partial charge in [0.05, 0.1) is 0 Å². The third kappa shape index (κ3) is 2.62. The molecule has 0 aromatic rings. The molecule has 1 nitrogen and oxygen atoms in total. The lowest BCUT2D eigenvalue weighted by atomic mass is 9.78. The number of hydrogen-bond acceptors (Lipinski definition) is 1. The van der Waals surface area contributed by atoms with E-state index in [1.807, 2.05) is 0 Å². The lowest BCUT2D eigenvalue weighted by Crippen LogP contribution is -2.23. The van der Waals surface area contributed by atoms with Crippen molar-refractivity contribution in [3.63, 3.8) is 0 Å². The smallest absolute Gasteiger partial charge is 0.135 e. The molecule has 0 aromatic carbocycles. The van der Waals surface area contributed by atoms with Crippen LogP contribution in [0, 0.1) is 17.8 Å². The van der Waals surface area contributed by atoms with Gasteiger partial charge >= 0.3 is 0 Å². The van der Waals surface area contributed by atoms with Gasteiger partial charge in [-0.1, -0.05) is 20.8 Å². The normalized spacial score (nSPS) is 31.2. The van der Waals surface area contributed by atoms with Gasteiger partial charge < -0.3 is 0 Å². The van der Waals surface area contributed by atoms with Crippen LogP contribution in [-0.4, -0.2) is 5.78 Å². The van der Waals surface area contributed by atoms with Gasteiger partial charge in [-0.2, -0.15) is 0 Å². The first-order chi connectivity index (χ1) is 5.59. The average Bonchev–Trinajstić information content (AvgIpc) is 1.96. The van der Waals surface area contributed by atoms with Crippen LogP contribution < -0.4 is 0 Å². The largest absolute Gasteiger partial charge is 0.299 e. The van der Waals surface area contributed by atoms with Gasteiger partial charge in [0, 0.05) is 12.3 Å². The molecule has 1 rings (SSSR count). The maximum absolute atomic E-state index is 11.2. The molecule has 70 valence electrons. The van der Waals surface area contributed by atoms with Crippen LogP contribution in [0.25, 0.3) is 0 Å². The molecule has 0 saturated heterocycles. The molecule has 0 aromatic heterocycles. The Labute approximate surface area is 75.5 Å². The summed E-state index contributed by atoms with van der Waals surface area (Å²) in [4.78, 5) is 11.2. The first-order valence-corrected chi connectivity index (χ1v) is 5.12. The summed E-state index contributed by atoms with van der Waals surface area (Å²) in [5.41, 5.74) is 0. The highest BCUT2D eigenvalue weighted by atomic mass is 16.1. The molecule has 0 bridgehead atoms. The van der Waals surface area contributed by atoms with Gasteiger partial charge in [0.15, 0.2) is 0 Å². The highest BCUT2D eigenvalue weighted by molar-refractivity contribution is 5.81. The van der Waals surface area contributed by atoms with Gasteiger partial charge in [0.25, 0.3) is 0 Å². The van der Waals surface area contributed by atoms with E-state index in [1.165, 1.54) is 6.42 Å². The summed E-state index contributed by atoms with van der Waals surface area (Å²) in [6.45, 7) is 6.61. The summed E-state index contributed by atoms with van der Waals surface area (Å²) in [6.07, 6.45) is 4.41. The molecule has 0 aliphatic heterocycles. The molecule has 1 fully saturated rings. The van der Waals surface area contributed by atoms with Crippen molar-refractivity contribution in [3.8, 4) is 0 Å². The Bertz CT molecular complexity index is 160. The lowest BCUT2D eigenvalue weighted by Gasteiger charge is -2.26. The lowest BCUT2D eigenvalue weighted by molar-refractivity contribution is -0.125. The molecular formula is C11H20O. The number of carbonyl (C=O) groups excluding carboxylic acids is 1. The highest BCUT2D eigenvalue weighted by Crippen LogP contribution is 2.30. The molecule has 12 heavy (non-hydrogen) atoms. The Morgan fingerprint density at radius 3 is 2.67 bits per heavy atom. The van der Waals surface area contributed by atoms with Gasteiger partial charge in [0.2, 0.25) is 0 Å². The molecule has 0 amide bonds. The minimum atomic E-state index is 0.336. The molecule has 0 spiro atoms. The number of rotatable bonds is 2. The van der Waals surface area contributed by atoms with Crippen molar-refractivity contribution in [1.29, 1.82) is 0 Å². The van der Waals surface area contributed by atoms with Crippen LogP contribution in [0.15, 0.2) is 0 Å². The molecule has 0 heterocycles. The Hall–Kier alpha value is -0.330. The average molecular weight is 168 g/mol. The third-order valence-corrected chi connectivity index (χ3v) is 2.84. The number of ketones is 1. The molecule has 0 N–H and O–H groups in total. The van der Waals surface area contributed by atoms with Crippen molar-refractivity contribution >= 4 is 5.78 Å². The predicted octanol–water partition coefficient (Wildman–Crippen LogP) is 3.04. The van der Waals surface area contributed by atoms with Gasteiger partial charge in [-0.15, -0.1) is 0 Å². The summed E-state index contributed by atoms with van der Waals surface area (Å²) in [6, 6.07) is 0. The van der Waals surface area contributed by atoms with Crippen LogP contribution in [-0.2, 0) is 4.79 Å². The topological polar surface area (TPSA) is 17.1 Å². The maximum Gasteiger partial charge on any atom is 0.135 e. The molecule has 1 aliphatic carbocycles. The van der Waals surface area contributed by atoms with Crippen LogP contribution in [0.2, 0.25) is 0 Å². The van der Waals surface area contributed by atoms with Crippen molar-refractivity contribution in [2.45, 2.75) is 46.5 Å². The molecule has 2 atom stereocenters. The first kappa shape index (κ1) is 9.76. The highest BCUT2D eigenvalue weighted by Gasteiger charge is 2.25. The molecule has 1 heteroatoms. The van der Waals surface area contributed by atoms with Crippen LogP contribution in [0.4, 0.5) is 0 Å². The molecule has 1 aliphatic rings. The Balaban J connectivity index is 2.35. The van der Waals surface area contributed by atoms with Crippen molar-refractivity contribution < 1.29 is 4.79 Å². The summed E-state index contributed by atoms with van der Waals surface area (Å²) >= 11 is 0. The molecular weight excluding hydrogens is 148 g/mol. The van der Waals surface area contributed by atoms with E-state index in [0.717, 1.165) is 31.1 Å². The standard InChI is InChI=1S/C11H20O/c1-8(2)6-10-4-5-11(12)9(3)7-10/h8-10H,4-7H2,1-3H3. The summed E-state index contributed by atoms with van der Waals surface area (Å²) in [5.74, 6) is 2.42. The second-order valence-corrected chi connectivity index (χ2v) is 4.64. The van der Waals surface area contributed by atoms with Crippen LogP contribution in [0.1, 0.15) is 46.5 Å². The van der Waals surface area contributed by atoms with Gasteiger partial charge in [-0.25, -0.2) is 0 Å². The first-order valence-electron chi connectivity index (χ1n) is 5.12. The van der Waals surface area contributed by atoms with E-state index >= 15 is 0 Å². The van der Waals surface area contributed by atoms with Crippen molar-refractivity contribution in [2.24, 2.45) is 17.8 Å². The van der Waals surface area contributed by atoms with Crippen molar-refractivity contribution in [2.75, 3.05) is 0 Å². The number of hydrogen-bond donors (Lipinski definition) is 0. The van der Waals surface area contributed by atoms with Crippen molar-refractivity contribution in [1.82, 2.24) is 0 Å².